The molecule has 0 saturated carbocycles. The number of fused-ring (bicyclic) bond motifs is 1. The molecule has 0 bridgehead atoms. The van der Waals surface area contributed by atoms with Crippen LogP contribution in [-0.4, -0.2) is 25.1 Å². The van der Waals surface area contributed by atoms with Gasteiger partial charge in [0.2, 0.25) is 0 Å². The van der Waals surface area contributed by atoms with Gasteiger partial charge in [-0.15, -0.1) is 0 Å². The van der Waals surface area contributed by atoms with E-state index in [0.29, 0.717) is 17.0 Å². The summed E-state index contributed by atoms with van der Waals surface area (Å²) in [5.41, 5.74) is 2.22. The molecule has 0 atom stereocenters. The number of hydrogen-bond donors (Lipinski definition) is 2. The number of amides is 1. The lowest BCUT2D eigenvalue weighted by atomic mass is 9.63. The lowest BCUT2D eigenvalue weighted by molar-refractivity contribution is 0.187. The summed E-state index contributed by atoms with van der Waals surface area (Å²) in [6.07, 6.45) is 0.917. The molecule has 1 aromatic rings. The summed E-state index contributed by atoms with van der Waals surface area (Å²) >= 11 is 6.12. The Bertz CT molecular complexity index is 438. The molecular weight excluding hydrogens is 228 g/mol. The quantitative estimate of drug-likeness (QED) is 0.726. The summed E-state index contributed by atoms with van der Waals surface area (Å²) in [4.78, 5) is 11.1. The smallest absolute Gasteiger partial charge is 0.411 e. The molecule has 0 saturated heterocycles. The lowest BCUT2D eigenvalue weighted by Crippen LogP contribution is -2.28. The van der Waals surface area contributed by atoms with Gasteiger partial charge in [-0.1, -0.05) is 17.7 Å². The minimum Gasteiger partial charge on any atom is -0.453 e. The zero-order chi connectivity index (χ0) is 11.7. The van der Waals surface area contributed by atoms with Crippen LogP contribution >= 0.6 is 11.6 Å². The number of benzene rings is 1. The van der Waals surface area contributed by atoms with E-state index in [1.54, 1.807) is 6.07 Å². The fourth-order valence-corrected chi connectivity index (χ4v) is 2.26. The van der Waals surface area contributed by atoms with Gasteiger partial charge in [-0.3, -0.25) is 5.32 Å². The molecule has 0 radical (unpaired) electrons. The van der Waals surface area contributed by atoms with Gasteiger partial charge in [0, 0.05) is 0 Å². The van der Waals surface area contributed by atoms with Gasteiger partial charge in [-0.2, -0.15) is 0 Å². The van der Waals surface area contributed by atoms with Crippen molar-refractivity contribution in [3.05, 3.63) is 22.7 Å². The van der Waals surface area contributed by atoms with Crippen LogP contribution in [0.4, 0.5) is 10.5 Å². The summed E-state index contributed by atoms with van der Waals surface area (Å²) < 4.78 is 4.48. The Morgan fingerprint density at radius 2 is 2.38 bits per heavy atom. The molecule has 2 N–H and O–H groups in total. The molecular formula is C10H11BClNO3. The first-order valence-electron chi connectivity index (χ1n) is 4.97. The van der Waals surface area contributed by atoms with Crippen LogP contribution in [0.1, 0.15) is 5.56 Å². The largest absolute Gasteiger partial charge is 0.453 e. The third-order valence-electron chi connectivity index (χ3n) is 2.71. The minimum atomic E-state index is -0.575. The van der Waals surface area contributed by atoms with E-state index >= 15 is 0 Å². The Labute approximate surface area is 98.7 Å². The number of carbonyl (C=O) groups is 1. The van der Waals surface area contributed by atoms with Crippen molar-refractivity contribution in [2.24, 2.45) is 0 Å². The first kappa shape index (κ1) is 11.3. The predicted molar refractivity (Wildman–Crippen MR) is 63.6 cm³/mol. The van der Waals surface area contributed by atoms with Crippen molar-refractivity contribution in [2.75, 3.05) is 12.4 Å². The maximum atomic E-state index is 11.1. The monoisotopic (exact) mass is 239 g/mol. The average Bonchev–Trinajstić information content (AvgIpc) is 2.65. The number of aryl methyl sites for hydroxylation is 1. The molecule has 1 aliphatic rings. The Hall–Kier alpha value is -1.20. The molecule has 6 heteroatoms. The van der Waals surface area contributed by atoms with Crippen molar-refractivity contribution < 1.29 is 14.6 Å². The standard InChI is InChI=1S/C10H11BClNO3/c1-16-10(14)13-7-3-2-6-4-5-11(15)8(6)9(7)12/h2-3,15H,4-5H2,1H3,(H,13,14). The van der Waals surface area contributed by atoms with E-state index in [4.69, 9.17) is 11.6 Å². The summed E-state index contributed by atoms with van der Waals surface area (Å²) in [6.45, 7) is -0.540. The zero-order valence-corrected chi connectivity index (χ0v) is 9.54. The Morgan fingerprint density at radius 1 is 1.62 bits per heavy atom. The highest BCUT2D eigenvalue weighted by Crippen LogP contribution is 2.26. The number of halogens is 1. The first-order chi connectivity index (χ1) is 7.63. The van der Waals surface area contributed by atoms with Gasteiger partial charge in [0.15, 0.2) is 0 Å². The van der Waals surface area contributed by atoms with Crippen LogP contribution in [0.25, 0.3) is 0 Å². The summed E-state index contributed by atoms with van der Waals surface area (Å²) in [5, 5.41) is 12.7. The first-order valence-corrected chi connectivity index (χ1v) is 5.35. The highest BCUT2D eigenvalue weighted by molar-refractivity contribution is 6.71. The second-order valence-electron chi connectivity index (χ2n) is 3.67. The van der Waals surface area contributed by atoms with Crippen molar-refractivity contribution in [2.45, 2.75) is 12.7 Å². The molecule has 4 nitrogen and oxygen atoms in total. The second kappa shape index (κ2) is 4.35. The van der Waals surface area contributed by atoms with Crippen LogP contribution < -0.4 is 10.8 Å². The van der Waals surface area contributed by atoms with Crippen LogP contribution in [0.2, 0.25) is 11.3 Å². The molecule has 0 unspecified atom stereocenters. The second-order valence-corrected chi connectivity index (χ2v) is 4.05. The van der Waals surface area contributed by atoms with Crippen molar-refractivity contribution in [3.63, 3.8) is 0 Å². The molecule has 1 amide bonds. The highest BCUT2D eigenvalue weighted by Gasteiger charge is 2.28. The van der Waals surface area contributed by atoms with Gasteiger partial charge in [0.25, 0.3) is 0 Å². The van der Waals surface area contributed by atoms with E-state index in [1.807, 2.05) is 6.07 Å². The Kier molecular flexibility index (Phi) is 3.07. The molecule has 0 spiro atoms. The van der Waals surface area contributed by atoms with Crippen LogP contribution in [0.5, 0.6) is 0 Å². The van der Waals surface area contributed by atoms with E-state index in [1.165, 1.54) is 7.11 Å². The summed E-state index contributed by atoms with van der Waals surface area (Å²) in [6, 6.07) is 3.58. The van der Waals surface area contributed by atoms with E-state index in [-0.39, 0.29) is 0 Å². The van der Waals surface area contributed by atoms with E-state index in [2.05, 4.69) is 10.1 Å². The van der Waals surface area contributed by atoms with Crippen LogP contribution in [0.3, 0.4) is 0 Å². The third kappa shape index (κ3) is 1.88. The maximum Gasteiger partial charge on any atom is 0.411 e. The molecule has 16 heavy (non-hydrogen) atoms. The van der Waals surface area contributed by atoms with Crippen molar-refractivity contribution in [3.8, 4) is 0 Å². The topological polar surface area (TPSA) is 58.6 Å². The number of ether oxygens (including phenoxy) is 1. The van der Waals surface area contributed by atoms with Gasteiger partial charge < -0.3 is 9.76 Å². The zero-order valence-electron chi connectivity index (χ0n) is 8.79. The van der Waals surface area contributed by atoms with Gasteiger partial charge in [-0.25, -0.2) is 4.79 Å². The predicted octanol–water partition coefficient (Wildman–Crippen LogP) is 1.27. The highest BCUT2D eigenvalue weighted by atomic mass is 35.5. The SMILES string of the molecule is COC(=O)Nc1ccc2c(c1Cl)B(O)CC2. The molecule has 0 fully saturated rings. The minimum absolute atomic E-state index is 0.396. The molecule has 1 aromatic carbocycles. The van der Waals surface area contributed by atoms with Gasteiger partial charge in [-0.05, 0) is 29.8 Å². The number of methoxy groups -OCH3 is 1. The number of nitrogens with one attached hydrogen (secondary N) is 1. The van der Waals surface area contributed by atoms with Gasteiger partial charge in [0.05, 0.1) is 17.8 Å². The van der Waals surface area contributed by atoms with E-state index < -0.39 is 13.0 Å². The Balaban J connectivity index is 2.35. The Morgan fingerprint density at radius 3 is 3.06 bits per heavy atom. The summed E-state index contributed by atoms with van der Waals surface area (Å²) in [7, 11) is 1.28. The van der Waals surface area contributed by atoms with Crippen LogP contribution in [0.15, 0.2) is 12.1 Å². The molecule has 1 aliphatic heterocycles. The lowest BCUT2D eigenvalue weighted by Gasteiger charge is -2.10. The van der Waals surface area contributed by atoms with Gasteiger partial charge in [0.1, 0.15) is 0 Å². The fraction of sp³-hybridized carbons (Fsp3) is 0.300. The van der Waals surface area contributed by atoms with Crippen molar-refractivity contribution in [1.82, 2.24) is 0 Å². The maximum absolute atomic E-state index is 11.1. The van der Waals surface area contributed by atoms with E-state index in [9.17, 15) is 9.82 Å². The molecule has 84 valence electrons. The molecule has 2 rings (SSSR count). The number of hydrogen-bond acceptors (Lipinski definition) is 3. The van der Waals surface area contributed by atoms with E-state index in [0.717, 1.165) is 17.4 Å². The number of carbonyl (C=O) groups excluding carboxylic acids is 1. The fourth-order valence-electron chi connectivity index (χ4n) is 1.91. The number of rotatable bonds is 1. The van der Waals surface area contributed by atoms with Crippen LogP contribution in [0, 0.1) is 0 Å². The van der Waals surface area contributed by atoms with Crippen LogP contribution in [-0.2, 0) is 11.2 Å². The molecule has 0 aliphatic carbocycles. The van der Waals surface area contributed by atoms with Gasteiger partial charge >= 0.3 is 13.0 Å². The normalized spacial score (nSPS) is 13.6. The molecule has 0 aromatic heterocycles. The molecule has 1 heterocycles. The van der Waals surface area contributed by atoms with Crippen molar-refractivity contribution >= 4 is 35.8 Å². The third-order valence-corrected chi connectivity index (χ3v) is 3.12. The number of anilines is 1. The summed E-state index contributed by atoms with van der Waals surface area (Å²) in [5.74, 6) is 0. The average molecular weight is 239 g/mol. The van der Waals surface area contributed by atoms with Crippen molar-refractivity contribution in [1.29, 1.82) is 0 Å².